The zero-order valence-electron chi connectivity index (χ0n) is 17.0. The van der Waals surface area contributed by atoms with E-state index in [0.717, 1.165) is 10.5 Å². The molecule has 0 saturated carbocycles. The van der Waals surface area contributed by atoms with Gasteiger partial charge < -0.3 is 15.4 Å². The van der Waals surface area contributed by atoms with Crippen molar-refractivity contribution in [3.8, 4) is 5.75 Å². The molecule has 2 aromatic carbocycles. The number of carbonyl (C=O) groups is 2. The molecule has 0 bridgehead atoms. The Morgan fingerprint density at radius 1 is 1.23 bits per heavy atom. The van der Waals surface area contributed by atoms with Gasteiger partial charge in [0, 0.05) is 11.3 Å². The topological polar surface area (TPSA) is 102 Å². The van der Waals surface area contributed by atoms with E-state index in [2.05, 4.69) is 10.6 Å². The number of benzene rings is 2. The number of rotatable bonds is 7. The number of ether oxygens (including phenoxy) is 1. The number of anilines is 2. The first-order valence-corrected chi connectivity index (χ1v) is 12.1. The van der Waals surface area contributed by atoms with Crippen LogP contribution in [0.15, 0.2) is 46.2 Å². The number of carbonyl (C=O) groups excluding carboxylic acids is 2. The minimum Gasteiger partial charge on any atom is -0.495 e. The summed E-state index contributed by atoms with van der Waals surface area (Å²) >= 11 is 1.36. The van der Waals surface area contributed by atoms with E-state index in [1.807, 2.05) is 19.9 Å². The Hall–Kier alpha value is -2.52. The van der Waals surface area contributed by atoms with E-state index in [-0.39, 0.29) is 28.2 Å². The number of fused-ring (bicyclic) bond motifs is 1. The third-order valence-corrected chi connectivity index (χ3v) is 7.87. The third kappa shape index (κ3) is 4.96. The second kappa shape index (κ2) is 9.09. The van der Waals surface area contributed by atoms with Crippen LogP contribution in [0.5, 0.6) is 5.75 Å². The molecule has 7 nitrogen and oxygen atoms in total. The normalized spacial score (nSPS) is 15.8. The maximum Gasteiger partial charge on any atom is 0.237 e. The lowest BCUT2D eigenvalue weighted by Crippen LogP contribution is -2.28. The summed E-state index contributed by atoms with van der Waals surface area (Å²) in [6, 6.07) is 10.00. The molecule has 1 atom stereocenters. The predicted octanol–water partition coefficient (Wildman–Crippen LogP) is 3.63. The molecule has 1 aliphatic heterocycles. The molecule has 9 heteroatoms. The van der Waals surface area contributed by atoms with E-state index in [4.69, 9.17) is 4.74 Å². The van der Waals surface area contributed by atoms with Crippen molar-refractivity contribution in [3.63, 3.8) is 0 Å². The van der Waals surface area contributed by atoms with Crippen molar-refractivity contribution in [2.24, 2.45) is 0 Å². The van der Waals surface area contributed by atoms with Crippen LogP contribution >= 0.6 is 11.8 Å². The second-order valence-corrected chi connectivity index (χ2v) is 10.3. The van der Waals surface area contributed by atoms with Crippen LogP contribution in [0.2, 0.25) is 0 Å². The molecule has 3 rings (SSSR count). The number of amides is 2. The minimum absolute atomic E-state index is 0.0751. The standard InChI is InChI=1S/C21H24N2O5S2/c1-4-18-21(25)23-15-7-6-14(12-19(15)29-18)30(26,27)10-9-20(24)22-16-11-13(2)5-8-17(16)28-3/h5-8,11-12,18H,4,9-10H2,1-3H3,(H,22,24)(H,23,25). The van der Waals surface area contributed by atoms with E-state index < -0.39 is 15.7 Å². The van der Waals surface area contributed by atoms with Crippen molar-refractivity contribution >= 4 is 44.8 Å². The molecule has 30 heavy (non-hydrogen) atoms. The number of thioether (sulfide) groups is 1. The summed E-state index contributed by atoms with van der Waals surface area (Å²) in [7, 11) is -2.16. The quantitative estimate of drug-likeness (QED) is 0.671. The van der Waals surface area contributed by atoms with Gasteiger partial charge in [0.15, 0.2) is 9.84 Å². The Labute approximate surface area is 180 Å². The highest BCUT2D eigenvalue weighted by molar-refractivity contribution is 8.01. The van der Waals surface area contributed by atoms with Crippen LogP contribution in [-0.2, 0) is 19.4 Å². The number of nitrogens with one attached hydrogen (secondary N) is 2. The first-order valence-electron chi connectivity index (χ1n) is 9.52. The zero-order chi connectivity index (χ0) is 21.9. The fourth-order valence-corrected chi connectivity index (χ4v) is 5.48. The molecule has 2 aromatic rings. The summed E-state index contributed by atoms with van der Waals surface area (Å²) in [4.78, 5) is 25.2. The molecular formula is C21H24N2O5S2. The smallest absolute Gasteiger partial charge is 0.237 e. The van der Waals surface area contributed by atoms with Crippen molar-refractivity contribution in [1.82, 2.24) is 0 Å². The third-order valence-electron chi connectivity index (χ3n) is 4.73. The Bertz CT molecular complexity index is 1080. The van der Waals surface area contributed by atoms with Gasteiger partial charge in [0.05, 0.1) is 34.4 Å². The summed E-state index contributed by atoms with van der Waals surface area (Å²) in [5, 5.41) is 5.27. The molecule has 2 amide bonds. The molecule has 0 fully saturated rings. The lowest BCUT2D eigenvalue weighted by molar-refractivity contribution is -0.116. The fourth-order valence-electron chi connectivity index (χ4n) is 3.06. The van der Waals surface area contributed by atoms with Gasteiger partial charge in [-0.3, -0.25) is 9.59 Å². The Kier molecular flexibility index (Phi) is 6.72. The van der Waals surface area contributed by atoms with E-state index >= 15 is 0 Å². The predicted molar refractivity (Wildman–Crippen MR) is 118 cm³/mol. The first-order chi connectivity index (χ1) is 14.2. The molecule has 2 N–H and O–H groups in total. The molecule has 0 aromatic heterocycles. The van der Waals surface area contributed by atoms with Gasteiger partial charge in [-0.1, -0.05) is 13.0 Å². The maximum absolute atomic E-state index is 12.8. The highest BCUT2D eigenvalue weighted by atomic mass is 32.2. The molecule has 0 radical (unpaired) electrons. The van der Waals surface area contributed by atoms with Gasteiger partial charge in [-0.25, -0.2) is 8.42 Å². The highest BCUT2D eigenvalue weighted by Gasteiger charge is 2.27. The zero-order valence-corrected chi connectivity index (χ0v) is 18.7. The van der Waals surface area contributed by atoms with Gasteiger partial charge >= 0.3 is 0 Å². The van der Waals surface area contributed by atoms with Crippen LogP contribution < -0.4 is 15.4 Å². The van der Waals surface area contributed by atoms with Gasteiger partial charge in [-0.2, -0.15) is 0 Å². The van der Waals surface area contributed by atoms with Crippen LogP contribution in [-0.4, -0.2) is 38.3 Å². The van der Waals surface area contributed by atoms with Gasteiger partial charge in [0.1, 0.15) is 5.75 Å². The van der Waals surface area contributed by atoms with E-state index in [1.165, 1.54) is 24.9 Å². The Morgan fingerprint density at radius 2 is 2.00 bits per heavy atom. The van der Waals surface area contributed by atoms with Gasteiger partial charge in [-0.15, -0.1) is 11.8 Å². The molecule has 0 aliphatic carbocycles. The monoisotopic (exact) mass is 448 g/mol. The first kappa shape index (κ1) is 22.2. The summed E-state index contributed by atoms with van der Waals surface area (Å²) < 4.78 is 30.8. The largest absolute Gasteiger partial charge is 0.495 e. The van der Waals surface area contributed by atoms with Crippen molar-refractivity contribution in [2.75, 3.05) is 23.5 Å². The molecule has 1 unspecified atom stereocenters. The molecular weight excluding hydrogens is 424 g/mol. The lowest BCUT2D eigenvalue weighted by Gasteiger charge is -2.23. The SMILES string of the molecule is CCC1Sc2cc(S(=O)(=O)CCC(=O)Nc3cc(C)ccc3OC)ccc2NC1=O. The summed E-state index contributed by atoms with van der Waals surface area (Å²) in [5.41, 5.74) is 2.06. The summed E-state index contributed by atoms with van der Waals surface area (Å²) in [6.07, 6.45) is 0.466. The van der Waals surface area contributed by atoms with Crippen LogP contribution in [0, 0.1) is 6.92 Å². The molecule has 1 aliphatic rings. The number of methoxy groups -OCH3 is 1. The fraction of sp³-hybridized carbons (Fsp3) is 0.333. The van der Waals surface area contributed by atoms with Gasteiger partial charge in [-0.05, 0) is 49.2 Å². The molecule has 1 heterocycles. The lowest BCUT2D eigenvalue weighted by atomic mass is 10.2. The van der Waals surface area contributed by atoms with Gasteiger partial charge in [0.25, 0.3) is 0 Å². The number of sulfone groups is 1. The number of hydrogen-bond donors (Lipinski definition) is 2. The van der Waals surface area contributed by atoms with Crippen molar-refractivity contribution < 1.29 is 22.7 Å². The number of aryl methyl sites for hydroxylation is 1. The van der Waals surface area contributed by atoms with E-state index in [0.29, 0.717) is 23.5 Å². The van der Waals surface area contributed by atoms with Crippen LogP contribution in [0.1, 0.15) is 25.3 Å². The Balaban J connectivity index is 1.69. The average molecular weight is 449 g/mol. The molecule has 0 saturated heterocycles. The van der Waals surface area contributed by atoms with E-state index in [1.54, 1.807) is 24.3 Å². The summed E-state index contributed by atoms with van der Waals surface area (Å²) in [6.45, 7) is 3.80. The van der Waals surface area contributed by atoms with Crippen LogP contribution in [0.25, 0.3) is 0 Å². The van der Waals surface area contributed by atoms with E-state index in [9.17, 15) is 18.0 Å². The van der Waals surface area contributed by atoms with Crippen LogP contribution in [0.4, 0.5) is 11.4 Å². The van der Waals surface area contributed by atoms with Crippen molar-refractivity contribution in [3.05, 3.63) is 42.0 Å². The van der Waals surface area contributed by atoms with Crippen molar-refractivity contribution in [2.45, 2.75) is 41.7 Å². The molecule has 160 valence electrons. The average Bonchev–Trinajstić information content (AvgIpc) is 2.71. The highest BCUT2D eigenvalue weighted by Crippen LogP contribution is 2.38. The van der Waals surface area contributed by atoms with Gasteiger partial charge in [0.2, 0.25) is 11.8 Å². The second-order valence-electron chi connectivity index (χ2n) is 6.98. The summed E-state index contributed by atoms with van der Waals surface area (Å²) in [5.74, 6) is -0.294. The van der Waals surface area contributed by atoms with Crippen LogP contribution in [0.3, 0.4) is 0 Å². The Morgan fingerprint density at radius 3 is 2.70 bits per heavy atom. The molecule has 0 spiro atoms. The van der Waals surface area contributed by atoms with Crippen molar-refractivity contribution in [1.29, 1.82) is 0 Å². The minimum atomic E-state index is -3.66. The number of hydrogen-bond acceptors (Lipinski definition) is 6. The maximum atomic E-state index is 12.8.